The second-order valence-corrected chi connectivity index (χ2v) is 11.2. The Morgan fingerprint density at radius 2 is 1.91 bits per heavy atom. The van der Waals surface area contributed by atoms with Crippen LogP contribution in [0.5, 0.6) is 0 Å². The second-order valence-electron chi connectivity index (χ2n) is 8.50. The van der Waals surface area contributed by atoms with Crippen LogP contribution in [0.2, 0.25) is 0 Å². The zero-order chi connectivity index (χ0) is 24.0. The van der Waals surface area contributed by atoms with Crippen molar-refractivity contribution in [1.29, 1.82) is 0 Å². The lowest BCUT2D eigenvalue weighted by molar-refractivity contribution is -0.387. The summed E-state index contributed by atoms with van der Waals surface area (Å²) in [5.41, 5.74) is 2.82. The van der Waals surface area contributed by atoms with Gasteiger partial charge in [-0.15, -0.1) is 23.4 Å². The zero-order valence-corrected chi connectivity index (χ0v) is 20.9. The van der Waals surface area contributed by atoms with Crippen LogP contribution in [-0.2, 0) is 0 Å². The van der Waals surface area contributed by atoms with Gasteiger partial charge >= 0.3 is 5.97 Å². The number of thioether (sulfide) groups is 1. The Balaban J connectivity index is 1.58. The Kier molecular flexibility index (Phi) is 6.31. The van der Waals surface area contributed by atoms with Gasteiger partial charge in [-0.2, -0.15) is 0 Å². The van der Waals surface area contributed by atoms with E-state index in [1.54, 1.807) is 30.3 Å². The van der Waals surface area contributed by atoms with E-state index in [-0.39, 0.29) is 44.7 Å². The lowest BCUT2D eigenvalue weighted by Gasteiger charge is -2.39. The van der Waals surface area contributed by atoms with Gasteiger partial charge in [0.25, 0.3) is 5.69 Å². The van der Waals surface area contributed by atoms with Crippen molar-refractivity contribution < 1.29 is 14.8 Å². The molecule has 174 valence electrons. The number of hydrogen-bond acceptors (Lipinski definition) is 5. The minimum absolute atomic E-state index is 0.0708. The van der Waals surface area contributed by atoms with Gasteiger partial charge in [0.2, 0.25) is 0 Å². The summed E-state index contributed by atoms with van der Waals surface area (Å²) in [4.78, 5) is 23.8. The molecule has 9 heteroatoms. The molecule has 1 saturated carbocycles. The fraction of sp³-hybridized carbons (Fsp3) is 0.240. The van der Waals surface area contributed by atoms with Crippen LogP contribution in [-0.4, -0.2) is 26.6 Å². The van der Waals surface area contributed by atoms with Crippen LogP contribution in [0.25, 0.3) is 0 Å². The molecule has 3 aromatic rings. The molecule has 0 spiro atoms. The van der Waals surface area contributed by atoms with Gasteiger partial charge in [-0.3, -0.25) is 10.1 Å². The van der Waals surface area contributed by atoms with E-state index >= 15 is 0 Å². The second kappa shape index (κ2) is 9.24. The van der Waals surface area contributed by atoms with Gasteiger partial charge < -0.3 is 10.4 Å². The first-order chi connectivity index (χ1) is 16.3. The quantitative estimate of drug-likeness (QED) is 0.197. The number of carbonyl (C=O) groups is 1. The summed E-state index contributed by atoms with van der Waals surface area (Å²) in [6.45, 7) is 0. The molecule has 3 aromatic carbocycles. The third kappa shape index (κ3) is 4.08. The number of benzene rings is 3. The highest BCUT2D eigenvalue weighted by Gasteiger charge is 2.51. The summed E-state index contributed by atoms with van der Waals surface area (Å²) in [6, 6.07) is 19.8. The van der Waals surface area contributed by atoms with Crippen LogP contribution in [0.3, 0.4) is 0 Å². The van der Waals surface area contributed by atoms with Crippen molar-refractivity contribution >= 4 is 56.6 Å². The Morgan fingerprint density at radius 1 is 1.15 bits per heavy atom. The summed E-state index contributed by atoms with van der Waals surface area (Å²) >= 11 is 12.1. The molecule has 5 atom stereocenters. The van der Waals surface area contributed by atoms with E-state index in [0.717, 1.165) is 22.0 Å². The first kappa shape index (κ1) is 23.2. The van der Waals surface area contributed by atoms with E-state index < -0.39 is 5.97 Å². The molecule has 5 rings (SSSR count). The number of nitrogens with one attached hydrogen (secondary N) is 1. The molecular weight excluding hydrogens is 540 g/mol. The largest absolute Gasteiger partial charge is 0.478 e. The molecule has 1 heterocycles. The molecular formula is C25H20BrClN2O4S. The number of aromatic carboxylic acids is 1. The SMILES string of the molecule is O=C(O)c1cccc2c1N[C@@H](c1cccc(Br)c1)[C@@H]1C[C@@H](Sc3ccccc3[N+](=O)[O-])[C@@H](Cl)[C@@H]21. The number of para-hydroxylation sites is 2. The lowest BCUT2D eigenvalue weighted by Crippen LogP contribution is -2.32. The zero-order valence-electron chi connectivity index (χ0n) is 17.7. The van der Waals surface area contributed by atoms with Crippen molar-refractivity contribution in [3.63, 3.8) is 0 Å². The number of carboxylic acids is 1. The molecule has 0 bridgehead atoms. The first-order valence-electron chi connectivity index (χ1n) is 10.8. The Hall–Kier alpha value is -2.55. The van der Waals surface area contributed by atoms with Gasteiger partial charge in [-0.25, -0.2) is 4.79 Å². The number of alkyl halides is 1. The van der Waals surface area contributed by atoms with Gasteiger partial charge in [0, 0.05) is 21.7 Å². The number of hydrogen-bond donors (Lipinski definition) is 2. The van der Waals surface area contributed by atoms with Crippen molar-refractivity contribution in [2.45, 2.75) is 33.9 Å². The summed E-state index contributed by atoms with van der Waals surface area (Å²) < 4.78 is 0.937. The molecule has 6 nitrogen and oxygen atoms in total. The minimum atomic E-state index is -0.995. The number of nitrogens with zero attached hydrogens (tertiary/aromatic N) is 1. The maximum absolute atomic E-state index is 12.0. The molecule has 2 aliphatic rings. The Morgan fingerprint density at radius 3 is 2.65 bits per heavy atom. The van der Waals surface area contributed by atoms with Gasteiger partial charge in [0.15, 0.2) is 0 Å². The van der Waals surface area contributed by atoms with Crippen LogP contribution in [0.4, 0.5) is 11.4 Å². The van der Waals surface area contributed by atoms with Crippen molar-refractivity contribution in [1.82, 2.24) is 0 Å². The fourth-order valence-electron chi connectivity index (χ4n) is 5.22. The number of carboxylic acid groups (broad SMARTS) is 1. The van der Waals surface area contributed by atoms with Crippen LogP contribution in [0, 0.1) is 16.0 Å². The Labute approximate surface area is 214 Å². The highest BCUT2D eigenvalue weighted by molar-refractivity contribution is 9.10. The number of fused-ring (bicyclic) bond motifs is 3. The molecule has 0 unspecified atom stereocenters. The first-order valence-corrected chi connectivity index (χ1v) is 12.9. The predicted octanol–water partition coefficient (Wildman–Crippen LogP) is 7.09. The van der Waals surface area contributed by atoms with E-state index in [0.29, 0.717) is 10.6 Å². The Bertz CT molecular complexity index is 1290. The van der Waals surface area contributed by atoms with E-state index in [1.807, 2.05) is 30.3 Å². The van der Waals surface area contributed by atoms with E-state index in [1.165, 1.54) is 17.8 Å². The molecule has 34 heavy (non-hydrogen) atoms. The molecule has 0 saturated heterocycles. The average molecular weight is 560 g/mol. The van der Waals surface area contributed by atoms with Crippen LogP contribution in [0.15, 0.2) is 76.1 Å². The standard InChI is InChI=1S/C25H20BrClN2O4S/c26-14-6-3-5-13(11-14)23-17-12-20(34-19-10-2-1-9-18(19)29(32)33)22(27)21(17)15-7-4-8-16(25(30)31)24(15)28-23/h1-11,17,20-23,28H,12H2,(H,30,31)/t17-,20-,21+,22-,23+/m1/s1. The summed E-state index contributed by atoms with van der Waals surface area (Å²) in [5, 5.41) is 24.5. The van der Waals surface area contributed by atoms with Gasteiger partial charge in [0.1, 0.15) is 0 Å². The maximum atomic E-state index is 12.0. The fourth-order valence-corrected chi connectivity index (χ4v) is 7.58. The van der Waals surface area contributed by atoms with Gasteiger partial charge in [0.05, 0.1) is 32.5 Å². The van der Waals surface area contributed by atoms with Gasteiger partial charge in [-0.1, -0.05) is 52.3 Å². The van der Waals surface area contributed by atoms with Crippen LogP contribution >= 0.6 is 39.3 Å². The minimum Gasteiger partial charge on any atom is -0.478 e. The van der Waals surface area contributed by atoms with Crippen LogP contribution < -0.4 is 5.32 Å². The normalized spacial score (nSPS) is 25.2. The highest BCUT2D eigenvalue weighted by Crippen LogP contribution is 2.58. The average Bonchev–Trinajstić information content (AvgIpc) is 3.14. The molecule has 1 aliphatic carbocycles. The number of halogens is 2. The number of rotatable bonds is 5. The third-order valence-electron chi connectivity index (χ3n) is 6.63. The third-order valence-corrected chi connectivity index (χ3v) is 9.23. The van der Waals surface area contributed by atoms with Crippen molar-refractivity contribution in [2.24, 2.45) is 5.92 Å². The van der Waals surface area contributed by atoms with Gasteiger partial charge in [-0.05, 0) is 47.7 Å². The predicted molar refractivity (Wildman–Crippen MR) is 137 cm³/mol. The number of anilines is 1. The van der Waals surface area contributed by atoms with Crippen molar-refractivity contribution in [3.05, 3.63) is 98.0 Å². The summed E-state index contributed by atoms with van der Waals surface area (Å²) in [7, 11) is 0. The molecule has 0 amide bonds. The van der Waals surface area contributed by atoms with Crippen molar-refractivity contribution in [3.8, 4) is 0 Å². The van der Waals surface area contributed by atoms with Crippen molar-refractivity contribution in [2.75, 3.05) is 5.32 Å². The summed E-state index contributed by atoms with van der Waals surface area (Å²) in [5.74, 6) is -0.999. The molecule has 1 fully saturated rings. The maximum Gasteiger partial charge on any atom is 0.337 e. The van der Waals surface area contributed by atoms with Crippen LogP contribution in [0.1, 0.15) is 39.9 Å². The highest BCUT2D eigenvalue weighted by atomic mass is 79.9. The molecule has 2 N–H and O–H groups in total. The van der Waals surface area contributed by atoms with E-state index in [2.05, 4.69) is 21.2 Å². The number of nitro groups is 1. The van der Waals surface area contributed by atoms with E-state index in [9.17, 15) is 20.0 Å². The summed E-state index contributed by atoms with van der Waals surface area (Å²) in [6.07, 6.45) is 0.733. The molecule has 1 aliphatic heterocycles. The number of nitro benzene ring substituents is 1. The lowest BCUT2D eigenvalue weighted by atomic mass is 9.76. The van der Waals surface area contributed by atoms with E-state index in [4.69, 9.17) is 11.6 Å². The molecule has 0 radical (unpaired) electrons. The topological polar surface area (TPSA) is 92.5 Å². The smallest absolute Gasteiger partial charge is 0.337 e. The monoisotopic (exact) mass is 558 g/mol. The molecule has 0 aromatic heterocycles.